The molecule has 1 aliphatic heterocycles. The van der Waals surface area contributed by atoms with E-state index in [1.54, 1.807) is 12.4 Å². The number of rotatable bonds is 5. The Hall–Kier alpha value is -2.87. The van der Waals surface area contributed by atoms with Crippen LogP contribution in [0.2, 0.25) is 0 Å². The highest BCUT2D eigenvalue weighted by Crippen LogP contribution is 2.31. The normalized spacial score (nSPS) is 17.7. The number of nitrogens with one attached hydrogen (secondary N) is 1. The summed E-state index contributed by atoms with van der Waals surface area (Å²) in [6.45, 7) is 3.10. The number of benzene rings is 1. The summed E-state index contributed by atoms with van der Waals surface area (Å²) in [5, 5.41) is 3.49. The summed E-state index contributed by atoms with van der Waals surface area (Å²) in [6, 6.07) is 6.35. The third kappa shape index (κ3) is 3.85. The molecule has 1 aliphatic carbocycles. The molecule has 2 aromatic heterocycles. The Kier molecular flexibility index (Phi) is 4.71. The monoisotopic (exact) mass is 396 g/mol. The summed E-state index contributed by atoms with van der Waals surface area (Å²) < 4.78 is 27.9. The first-order chi connectivity index (χ1) is 14.2. The van der Waals surface area contributed by atoms with E-state index in [0.717, 1.165) is 48.6 Å². The number of hydrogen-bond acceptors (Lipinski definition) is 6. The zero-order valence-corrected chi connectivity index (χ0v) is 16.0. The maximum atomic E-state index is 14.0. The topological polar surface area (TPSA) is 57.2 Å². The predicted octanol–water partition coefficient (Wildman–Crippen LogP) is 3.20. The molecule has 2 fully saturated rings. The number of anilines is 2. The van der Waals surface area contributed by atoms with E-state index in [2.05, 4.69) is 20.1 Å². The van der Waals surface area contributed by atoms with Gasteiger partial charge in [-0.15, -0.1) is 0 Å². The number of nitrogens with zero attached hydrogens (tertiary/aromatic N) is 5. The van der Waals surface area contributed by atoms with Gasteiger partial charge in [-0.1, -0.05) is 6.07 Å². The zero-order chi connectivity index (χ0) is 19.8. The minimum absolute atomic E-state index is 0.133. The molecule has 3 heterocycles. The van der Waals surface area contributed by atoms with Gasteiger partial charge in [0.05, 0.1) is 11.7 Å². The van der Waals surface area contributed by atoms with Crippen LogP contribution in [0.15, 0.2) is 36.7 Å². The van der Waals surface area contributed by atoms with Crippen LogP contribution >= 0.6 is 0 Å². The molecule has 1 saturated heterocycles. The first-order valence-electron chi connectivity index (χ1n) is 9.96. The second-order valence-electron chi connectivity index (χ2n) is 7.64. The van der Waals surface area contributed by atoms with E-state index in [1.807, 2.05) is 6.07 Å². The van der Waals surface area contributed by atoms with Gasteiger partial charge in [-0.25, -0.2) is 18.7 Å². The lowest BCUT2D eigenvalue weighted by Gasteiger charge is -2.36. The van der Waals surface area contributed by atoms with Crippen molar-refractivity contribution in [3.63, 3.8) is 0 Å². The van der Waals surface area contributed by atoms with E-state index in [1.165, 1.54) is 18.2 Å². The lowest BCUT2D eigenvalue weighted by atomic mass is 10.1. The second kappa shape index (κ2) is 7.51. The van der Waals surface area contributed by atoms with Crippen molar-refractivity contribution < 1.29 is 8.78 Å². The van der Waals surface area contributed by atoms with Crippen molar-refractivity contribution in [2.24, 2.45) is 0 Å². The number of aromatic nitrogens is 3. The largest absolute Gasteiger partial charge is 0.364 e. The number of pyridine rings is 1. The Morgan fingerprint density at radius 3 is 2.45 bits per heavy atom. The Morgan fingerprint density at radius 2 is 1.72 bits per heavy atom. The van der Waals surface area contributed by atoms with Gasteiger partial charge in [0.25, 0.3) is 0 Å². The highest BCUT2D eigenvalue weighted by Gasteiger charge is 2.27. The van der Waals surface area contributed by atoms with Gasteiger partial charge in [0.15, 0.2) is 11.6 Å². The average molecular weight is 396 g/mol. The molecule has 1 saturated carbocycles. The van der Waals surface area contributed by atoms with Crippen LogP contribution in [-0.2, 0) is 6.54 Å². The van der Waals surface area contributed by atoms with E-state index in [-0.39, 0.29) is 12.1 Å². The van der Waals surface area contributed by atoms with Crippen molar-refractivity contribution >= 4 is 22.7 Å². The standard InChI is InChI=1S/C21H22F2N6/c22-16-2-1-3-17(23)15(16)13-28-8-10-29(11-9-28)21-20(25-14-4-5-14)26-18-6-7-24-12-19(18)27-21/h1-3,6-7,12,14H,4-5,8-11,13H2,(H,25,26). The first-order valence-corrected chi connectivity index (χ1v) is 9.96. The second-order valence-corrected chi connectivity index (χ2v) is 7.64. The van der Waals surface area contributed by atoms with Crippen LogP contribution in [0.25, 0.3) is 11.0 Å². The van der Waals surface area contributed by atoms with Gasteiger partial charge >= 0.3 is 0 Å². The van der Waals surface area contributed by atoms with Crippen LogP contribution < -0.4 is 10.2 Å². The summed E-state index contributed by atoms with van der Waals surface area (Å²) >= 11 is 0. The summed E-state index contributed by atoms with van der Waals surface area (Å²) in [5.74, 6) is 0.654. The molecule has 2 aliphatic rings. The van der Waals surface area contributed by atoms with Gasteiger partial charge < -0.3 is 10.2 Å². The molecule has 1 aromatic carbocycles. The molecular weight excluding hydrogens is 374 g/mol. The van der Waals surface area contributed by atoms with Crippen molar-refractivity contribution in [2.75, 3.05) is 36.4 Å². The third-order valence-electron chi connectivity index (χ3n) is 5.48. The summed E-state index contributed by atoms with van der Waals surface area (Å²) in [4.78, 5) is 18.0. The van der Waals surface area contributed by atoms with Crippen LogP contribution in [0.4, 0.5) is 20.4 Å². The Balaban J connectivity index is 1.34. The number of fused-ring (bicyclic) bond motifs is 1. The van der Waals surface area contributed by atoms with Gasteiger partial charge in [0.2, 0.25) is 0 Å². The van der Waals surface area contributed by atoms with E-state index >= 15 is 0 Å². The van der Waals surface area contributed by atoms with Gasteiger partial charge in [-0.3, -0.25) is 9.88 Å². The molecule has 150 valence electrons. The molecule has 6 nitrogen and oxygen atoms in total. The molecule has 5 rings (SSSR count). The minimum Gasteiger partial charge on any atom is -0.364 e. The van der Waals surface area contributed by atoms with Crippen molar-refractivity contribution in [1.29, 1.82) is 0 Å². The van der Waals surface area contributed by atoms with Crippen molar-refractivity contribution in [3.05, 3.63) is 53.9 Å². The molecule has 1 N–H and O–H groups in total. The molecule has 0 atom stereocenters. The van der Waals surface area contributed by atoms with Gasteiger partial charge in [0, 0.05) is 50.5 Å². The summed E-state index contributed by atoms with van der Waals surface area (Å²) in [6.07, 6.45) is 5.75. The summed E-state index contributed by atoms with van der Waals surface area (Å²) in [7, 11) is 0. The Bertz CT molecular complexity index is 1010. The Morgan fingerprint density at radius 1 is 0.966 bits per heavy atom. The van der Waals surface area contributed by atoms with Crippen LogP contribution in [0.3, 0.4) is 0 Å². The number of piperazine rings is 1. The lowest BCUT2D eigenvalue weighted by molar-refractivity contribution is 0.242. The molecule has 29 heavy (non-hydrogen) atoms. The molecule has 0 amide bonds. The quantitative estimate of drug-likeness (QED) is 0.715. The maximum absolute atomic E-state index is 14.0. The van der Waals surface area contributed by atoms with E-state index in [4.69, 9.17) is 9.97 Å². The number of hydrogen-bond donors (Lipinski definition) is 1. The SMILES string of the molecule is Fc1cccc(F)c1CN1CCN(c2nc3cnccc3nc2NC2CC2)CC1. The molecular formula is C21H22F2N6. The van der Waals surface area contributed by atoms with Gasteiger partial charge in [0.1, 0.15) is 17.2 Å². The zero-order valence-electron chi connectivity index (χ0n) is 16.0. The first kappa shape index (κ1) is 18.2. The average Bonchev–Trinajstić information content (AvgIpc) is 3.55. The summed E-state index contributed by atoms with van der Waals surface area (Å²) in [5.41, 5.74) is 1.72. The molecule has 3 aromatic rings. The third-order valence-corrected chi connectivity index (χ3v) is 5.48. The highest BCUT2D eigenvalue weighted by molar-refractivity contribution is 5.80. The van der Waals surface area contributed by atoms with Crippen LogP contribution in [-0.4, -0.2) is 52.1 Å². The molecule has 8 heteroatoms. The fourth-order valence-electron chi connectivity index (χ4n) is 3.66. The van der Waals surface area contributed by atoms with Gasteiger partial charge in [-0.2, -0.15) is 0 Å². The maximum Gasteiger partial charge on any atom is 0.172 e. The highest BCUT2D eigenvalue weighted by atomic mass is 19.1. The van der Waals surface area contributed by atoms with Gasteiger partial charge in [-0.05, 0) is 31.0 Å². The van der Waals surface area contributed by atoms with E-state index < -0.39 is 11.6 Å². The predicted molar refractivity (Wildman–Crippen MR) is 108 cm³/mol. The minimum atomic E-state index is -0.490. The number of halogens is 2. The molecule has 0 spiro atoms. The van der Waals surface area contributed by atoms with Crippen LogP contribution in [0.5, 0.6) is 0 Å². The fraction of sp³-hybridized carbons (Fsp3) is 0.381. The van der Waals surface area contributed by atoms with Crippen LogP contribution in [0.1, 0.15) is 18.4 Å². The fourth-order valence-corrected chi connectivity index (χ4v) is 3.66. The lowest BCUT2D eigenvalue weighted by Crippen LogP contribution is -2.46. The Labute approximate surface area is 167 Å². The smallest absolute Gasteiger partial charge is 0.172 e. The van der Waals surface area contributed by atoms with Crippen LogP contribution in [0, 0.1) is 11.6 Å². The van der Waals surface area contributed by atoms with Crippen molar-refractivity contribution in [2.45, 2.75) is 25.4 Å². The van der Waals surface area contributed by atoms with Crippen molar-refractivity contribution in [1.82, 2.24) is 19.9 Å². The molecule has 0 unspecified atom stereocenters. The van der Waals surface area contributed by atoms with E-state index in [9.17, 15) is 8.78 Å². The molecule has 0 bridgehead atoms. The van der Waals surface area contributed by atoms with E-state index in [0.29, 0.717) is 19.1 Å². The molecule has 0 radical (unpaired) electrons. The van der Waals surface area contributed by atoms with Crippen molar-refractivity contribution in [3.8, 4) is 0 Å².